The lowest BCUT2D eigenvalue weighted by Crippen LogP contribution is -2.03. The molecule has 0 bridgehead atoms. The van der Waals surface area contributed by atoms with Crippen LogP contribution in [0.25, 0.3) is 34.5 Å². The van der Waals surface area contributed by atoms with E-state index < -0.39 is 10.9 Å². The van der Waals surface area contributed by atoms with Crippen molar-refractivity contribution >= 4 is 47.0 Å². The Bertz CT molecular complexity index is 1830. The number of aryl methyl sites for hydroxylation is 1. The number of nitrogens with zero attached hydrogens (tertiary/aromatic N) is 3. The van der Waals surface area contributed by atoms with Crippen LogP contribution in [-0.4, -0.2) is 27.6 Å². The Morgan fingerprint density at radius 3 is 2.28 bits per heavy atom. The second kappa shape index (κ2) is 12.9. The van der Waals surface area contributed by atoms with E-state index in [2.05, 4.69) is 16.2 Å². The summed E-state index contributed by atoms with van der Waals surface area (Å²) in [6.07, 6.45) is 5.94. The standard InChI is InChI=1S/C33H25Cl2N3O5/c1-3-37-20-29(27-15-12-25(34)19-28(27)35)36-32(37)17-6-21-4-7-22(8-5-21)23-9-13-26(14-10-23)43-31-16-11-24(33(39)42-2)18-30(31)38(40)41/h4-20H,3H2,1-2H3. The molecule has 10 heteroatoms. The fourth-order valence-electron chi connectivity index (χ4n) is 4.43. The van der Waals surface area contributed by atoms with E-state index in [-0.39, 0.29) is 17.0 Å². The van der Waals surface area contributed by atoms with Crippen LogP contribution >= 0.6 is 23.2 Å². The van der Waals surface area contributed by atoms with Crippen molar-refractivity contribution in [2.75, 3.05) is 7.11 Å². The second-order valence-electron chi connectivity index (χ2n) is 9.41. The number of rotatable bonds is 9. The summed E-state index contributed by atoms with van der Waals surface area (Å²) in [5, 5.41) is 12.7. The molecule has 0 amide bonds. The number of hydrogen-bond donors (Lipinski definition) is 0. The molecule has 1 aromatic heterocycles. The third-order valence-electron chi connectivity index (χ3n) is 6.68. The van der Waals surface area contributed by atoms with E-state index in [1.807, 2.05) is 60.8 Å². The molecule has 0 saturated heterocycles. The van der Waals surface area contributed by atoms with E-state index >= 15 is 0 Å². The highest BCUT2D eigenvalue weighted by Crippen LogP contribution is 2.34. The summed E-state index contributed by atoms with van der Waals surface area (Å²) in [6, 6.07) is 24.6. The zero-order chi connectivity index (χ0) is 30.5. The van der Waals surface area contributed by atoms with Crippen molar-refractivity contribution in [3.8, 4) is 33.9 Å². The minimum Gasteiger partial charge on any atom is -0.465 e. The number of esters is 1. The van der Waals surface area contributed by atoms with Crippen LogP contribution in [0, 0.1) is 10.1 Å². The molecule has 0 spiro atoms. The number of halogens is 2. The van der Waals surface area contributed by atoms with Gasteiger partial charge >= 0.3 is 11.7 Å². The number of nitro benzene ring substituents is 1. The number of aromatic nitrogens is 2. The van der Waals surface area contributed by atoms with E-state index in [9.17, 15) is 14.9 Å². The van der Waals surface area contributed by atoms with Crippen LogP contribution < -0.4 is 4.74 Å². The van der Waals surface area contributed by atoms with Crippen LogP contribution in [-0.2, 0) is 11.3 Å². The Balaban J connectivity index is 1.29. The van der Waals surface area contributed by atoms with Crippen molar-refractivity contribution in [1.29, 1.82) is 0 Å². The number of ether oxygens (including phenoxy) is 2. The van der Waals surface area contributed by atoms with Gasteiger partial charge in [0.25, 0.3) is 0 Å². The normalized spacial score (nSPS) is 11.1. The van der Waals surface area contributed by atoms with Crippen molar-refractivity contribution < 1.29 is 19.2 Å². The number of hydrogen-bond acceptors (Lipinski definition) is 6. The molecule has 0 aliphatic rings. The number of carbonyl (C=O) groups is 1. The maximum absolute atomic E-state index is 11.7. The van der Waals surface area contributed by atoms with Gasteiger partial charge in [0.15, 0.2) is 0 Å². The molecule has 0 aliphatic carbocycles. The lowest BCUT2D eigenvalue weighted by molar-refractivity contribution is -0.385. The monoisotopic (exact) mass is 613 g/mol. The van der Waals surface area contributed by atoms with Crippen LogP contribution in [0.3, 0.4) is 0 Å². The molecule has 0 saturated carbocycles. The first-order chi connectivity index (χ1) is 20.7. The zero-order valence-corrected chi connectivity index (χ0v) is 24.7. The number of methoxy groups -OCH3 is 1. The molecule has 5 rings (SSSR count). The minimum absolute atomic E-state index is 0.0219. The van der Waals surface area contributed by atoms with E-state index in [1.54, 1.807) is 24.3 Å². The highest BCUT2D eigenvalue weighted by atomic mass is 35.5. The summed E-state index contributed by atoms with van der Waals surface area (Å²) in [4.78, 5) is 27.5. The number of carbonyl (C=O) groups excluding carboxylic acids is 1. The SMILES string of the molecule is CCn1cc(-c2ccc(Cl)cc2Cl)nc1C=Cc1ccc(-c2ccc(Oc3ccc(C(=O)OC)cc3[N+](=O)[O-])cc2)cc1. The van der Waals surface area contributed by atoms with Crippen molar-refractivity contribution in [2.45, 2.75) is 13.5 Å². The van der Waals surface area contributed by atoms with Crippen LogP contribution in [0.1, 0.15) is 28.7 Å². The van der Waals surface area contributed by atoms with Gasteiger partial charge in [-0.25, -0.2) is 9.78 Å². The Morgan fingerprint density at radius 2 is 1.65 bits per heavy atom. The molecular formula is C33H25Cl2N3O5. The Labute approximate surface area is 257 Å². The predicted octanol–water partition coefficient (Wildman–Crippen LogP) is 9.20. The Morgan fingerprint density at radius 1 is 0.953 bits per heavy atom. The highest BCUT2D eigenvalue weighted by molar-refractivity contribution is 6.36. The molecular weight excluding hydrogens is 589 g/mol. The first kappa shape index (κ1) is 29.6. The molecule has 0 unspecified atom stereocenters. The van der Waals surface area contributed by atoms with Gasteiger partial charge in [-0.2, -0.15) is 0 Å². The maximum atomic E-state index is 11.7. The summed E-state index contributed by atoms with van der Waals surface area (Å²) in [6.45, 7) is 2.81. The smallest absolute Gasteiger partial charge is 0.338 e. The van der Waals surface area contributed by atoms with E-state index in [0.29, 0.717) is 15.8 Å². The molecule has 0 aliphatic heterocycles. The summed E-state index contributed by atoms with van der Waals surface area (Å²) in [7, 11) is 1.21. The highest BCUT2D eigenvalue weighted by Gasteiger charge is 2.20. The number of benzene rings is 4. The molecule has 0 radical (unpaired) electrons. The number of imidazole rings is 1. The lowest BCUT2D eigenvalue weighted by Gasteiger charge is -2.09. The molecule has 0 N–H and O–H groups in total. The first-order valence-corrected chi connectivity index (χ1v) is 14.0. The predicted molar refractivity (Wildman–Crippen MR) is 169 cm³/mol. The van der Waals surface area contributed by atoms with Crippen LogP contribution in [0.15, 0.2) is 91.1 Å². The summed E-state index contributed by atoms with van der Waals surface area (Å²) in [5.41, 5.74) is 4.28. The van der Waals surface area contributed by atoms with Crippen molar-refractivity contribution in [3.05, 3.63) is 128 Å². The number of nitro groups is 1. The molecule has 8 nitrogen and oxygen atoms in total. The maximum Gasteiger partial charge on any atom is 0.338 e. The van der Waals surface area contributed by atoms with Gasteiger partial charge in [-0.3, -0.25) is 10.1 Å². The van der Waals surface area contributed by atoms with Crippen molar-refractivity contribution in [2.24, 2.45) is 0 Å². The first-order valence-electron chi connectivity index (χ1n) is 13.2. The van der Waals surface area contributed by atoms with Gasteiger partial charge in [0.05, 0.1) is 28.3 Å². The quantitative estimate of drug-likeness (QED) is 0.0933. The van der Waals surface area contributed by atoms with Crippen molar-refractivity contribution in [3.63, 3.8) is 0 Å². The van der Waals surface area contributed by atoms with Crippen LogP contribution in [0.5, 0.6) is 11.5 Å². The summed E-state index contributed by atoms with van der Waals surface area (Å²) in [5.74, 6) is 0.585. The van der Waals surface area contributed by atoms with Crippen molar-refractivity contribution in [1.82, 2.24) is 9.55 Å². The van der Waals surface area contributed by atoms with E-state index in [1.165, 1.54) is 19.2 Å². The van der Waals surface area contributed by atoms with Gasteiger partial charge in [0, 0.05) is 29.4 Å². The fourth-order valence-corrected chi connectivity index (χ4v) is 4.94. The molecule has 0 fully saturated rings. The van der Waals surface area contributed by atoms with Gasteiger partial charge < -0.3 is 14.0 Å². The third kappa shape index (κ3) is 6.77. The topological polar surface area (TPSA) is 96.5 Å². The average molecular weight is 614 g/mol. The van der Waals surface area contributed by atoms with Gasteiger partial charge in [0.2, 0.25) is 5.75 Å². The average Bonchev–Trinajstić information content (AvgIpc) is 3.43. The molecule has 1 heterocycles. The minimum atomic E-state index is -0.665. The molecule has 216 valence electrons. The Hall–Kier alpha value is -4.92. The van der Waals surface area contributed by atoms with Gasteiger partial charge in [-0.15, -0.1) is 0 Å². The van der Waals surface area contributed by atoms with Gasteiger partial charge in [-0.05, 0) is 72.2 Å². The molecule has 5 aromatic rings. The zero-order valence-electron chi connectivity index (χ0n) is 23.2. The molecule has 0 atom stereocenters. The second-order valence-corrected chi connectivity index (χ2v) is 10.3. The fraction of sp³-hybridized carbons (Fsp3) is 0.0909. The van der Waals surface area contributed by atoms with Gasteiger partial charge in [0.1, 0.15) is 11.6 Å². The summed E-state index contributed by atoms with van der Waals surface area (Å²) >= 11 is 12.4. The van der Waals surface area contributed by atoms with Gasteiger partial charge in [-0.1, -0.05) is 65.7 Å². The van der Waals surface area contributed by atoms with Crippen LogP contribution in [0.2, 0.25) is 10.0 Å². The van der Waals surface area contributed by atoms with E-state index in [0.717, 1.165) is 46.4 Å². The Kier molecular flexibility index (Phi) is 8.90. The lowest BCUT2D eigenvalue weighted by atomic mass is 10.0. The summed E-state index contributed by atoms with van der Waals surface area (Å²) < 4.78 is 12.5. The van der Waals surface area contributed by atoms with E-state index in [4.69, 9.17) is 32.9 Å². The largest absolute Gasteiger partial charge is 0.465 e. The molecule has 4 aromatic carbocycles. The molecule has 43 heavy (non-hydrogen) atoms. The van der Waals surface area contributed by atoms with Crippen LogP contribution in [0.4, 0.5) is 5.69 Å². The third-order valence-corrected chi connectivity index (χ3v) is 7.23.